The number of phenols is 1. The Morgan fingerprint density at radius 2 is 2.11 bits per heavy atom. The number of aromatic hydroxyl groups is 1. The molecule has 1 amide bonds. The highest BCUT2D eigenvalue weighted by Gasteiger charge is 2.27. The molecule has 0 spiro atoms. The van der Waals surface area contributed by atoms with Crippen molar-refractivity contribution in [2.24, 2.45) is 11.8 Å². The second kappa shape index (κ2) is 5.83. The molecular weight excluding hydrogens is 262 g/mol. The predicted molar refractivity (Wildman–Crippen MR) is 76.6 cm³/mol. The fraction of sp³-hybridized carbons (Fsp3) is 0.533. The van der Waals surface area contributed by atoms with Crippen molar-refractivity contribution in [3.8, 4) is 5.75 Å². The third kappa shape index (κ3) is 3.41. The molecule has 3 nitrogen and oxygen atoms in total. The average molecular weight is 282 g/mol. The van der Waals surface area contributed by atoms with Gasteiger partial charge in [-0.15, -0.1) is 0 Å². The SMILES string of the molecule is CC1CCC(NC(=O)c2cc(O)ccc2Cl)C(C)C1. The molecule has 1 saturated carbocycles. The summed E-state index contributed by atoms with van der Waals surface area (Å²) in [6.45, 7) is 4.42. The maximum absolute atomic E-state index is 12.2. The van der Waals surface area contributed by atoms with E-state index >= 15 is 0 Å². The summed E-state index contributed by atoms with van der Waals surface area (Å²) in [5.41, 5.74) is 0.340. The molecule has 0 saturated heterocycles. The molecule has 0 bridgehead atoms. The number of carbonyl (C=O) groups excluding carboxylic acids is 1. The second-order valence-corrected chi connectivity index (χ2v) is 6.05. The summed E-state index contributed by atoms with van der Waals surface area (Å²) in [4.78, 5) is 12.2. The normalized spacial score (nSPS) is 27.0. The molecule has 4 heteroatoms. The van der Waals surface area contributed by atoms with E-state index in [9.17, 15) is 9.90 Å². The van der Waals surface area contributed by atoms with Crippen LogP contribution in [-0.4, -0.2) is 17.1 Å². The molecule has 1 aliphatic carbocycles. The predicted octanol–water partition coefficient (Wildman–Crippen LogP) is 3.60. The summed E-state index contributed by atoms with van der Waals surface area (Å²) in [7, 11) is 0. The molecule has 0 aromatic heterocycles. The van der Waals surface area contributed by atoms with E-state index in [0.717, 1.165) is 25.2 Å². The van der Waals surface area contributed by atoms with Gasteiger partial charge in [0.25, 0.3) is 5.91 Å². The van der Waals surface area contributed by atoms with Crippen molar-refractivity contribution in [2.45, 2.75) is 39.2 Å². The molecule has 2 N–H and O–H groups in total. The fourth-order valence-corrected chi connectivity index (χ4v) is 3.02. The lowest BCUT2D eigenvalue weighted by Crippen LogP contribution is -2.42. The average Bonchev–Trinajstić information content (AvgIpc) is 2.35. The van der Waals surface area contributed by atoms with Gasteiger partial charge >= 0.3 is 0 Å². The molecule has 0 aliphatic heterocycles. The van der Waals surface area contributed by atoms with E-state index in [1.54, 1.807) is 0 Å². The lowest BCUT2D eigenvalue weighted by atomic mass is 9.80. The molecule has 0 heterocycles. The van der Waals surface area contributed by atoms with E-state index in [1.807, 2.05) is 0 Å². The van der Waals surface area contributed by atoms with Crippen LogP contribution in [0.3, 0.4) is 0 Å². The van der Waals surface area contributed by atoms with Crippen molar-refractivity contribution in [3.63, 3.8) is 0 Å². The Hall–Kier alpha value is -1.22. The first-order chi connectivity index (χ1) is 8.97. The summed E-state index contributed by atoms with van der Waals surface area (Å²) >= 11 is 6.00. The molecule has 19 heavy (non-hydrogen) atoms. The van der Waals surface area contributed by atoms with Gasteiger partial charge in [0.2, 0.25) is 0 Å². The Bertz CT molecular complexity index is 475. The topological polar surface area (TPSA) is 49.3 Å². The van der Waals surface area contributed by atoms with Crippen molar-refractivity contribution in [2.75, 3.05) is 0 Å². The van der Waals surface area contributed by atoms with E-state index in [-0.39, 0.29) is 17.7 Å². The number of amides is 1. The van der Waals surface area contributed by atoms with Crippen molar-refractivity contribution in [1.29, 1.82) is 0 Å². The number of phenolic OH excluding ortho intramolecular Hbond substituents is 1. The van der Waals surface area contributed by atoms with E-state index in [4.69, 9.17) is 11.6 Å². The maximum atomic E-state index is 12.2. The van der Waals surface area contributed by atoms with Crippen molar-refractivity contribution in [3.05, 3.63) is 28.8 Å². The molecule has 1 aromatic carbocycles. The zero-order valence-corrected chi connectivity index (χ0v) is 12.1. The van der Waals surface area contributed by atoms with Crippen LogP contribution in [0.25, 0.3) is 0 Å². The Balaban J connectivity index is 2.06. The number of hydrogen-bond donors (Lipinski definition) is 2. The van der Waals surface area contributed by atoms with Crippen LogP contribution < -0.4 is 5.32 Å². The van der Waals surface area contributed by atoms with Crippen LogP contribution in [0.2, 0.25) is 5.02 Å². The molecule has 2 rings (SSSR count). The van der Waals surface area contributed by atoms with Gasteiger partial charge in [0.15, 0.2) is 0 Å². The molecule has 1 aliphatic rings. The molecule has 3 atom stereocenters. The van der Waals surface area contributed by atoms with Gasteiger partial charge in [-0.3, -0.25) is 4.79 Å². The minimum absolute atomic E-state index is 0.0554. The van der Waals surface area contributed by atoms with E-state index < -0.39 is 0 Å². The van der Waals surface area contributed by atoms with Crippen LogP contribution in [0.5, 0.6) is 5.75 Å². The fourth-order valence-electron chi connectivity index (χ4n) is 2.81. The van der Waals surface area contributed by atoms with Crippen molar-refractivity contribution >= 4 is 17.5 Å². The standard InChI is InChI=1S/C15H20ClNO2/c1-9-3-6-14(10(2)7-9)17-15(19)12-8-11(18)4-5-13(12)16/h4-5,8-10,14,18H,3,6-7H2,1-2H3,(H,17,19). The Morgan fingerprint density at radius 3 is 2.79 bits per heavy atom. The first kappa shape index (κ1) is 14.2. The lowest BCUT2D eigenvalue weighted by Gasteiger charge is -2.33. The Kier molecular flexibility index (Phi) is 4.35. The largest absolute Gasteiger partial charge is 0.508 e. The Morgan fingerprint density at radius 1 is 1.37 bits per heavy atom. The summed E-state index contributed by atoms with van der Waals surface area (Å²) in [5.74, 6) is 1.06. The van der Waals surface area contributed by atoms with Crippen LogP contribution in [0.15, 0.2) is 18.2 Å². The first-order valence-corrected chi connectivity index (χ1v) is 7.14. The first-order valence-electron chi connectivity index (χ1n) is 6.76. The number of nitrogens with one attached hydrogen (secondary N) is 1. The van der Waals surface area contributed by atoms with Crippen LogP contribution in [0.1, 0.15) is 43.5 Å². The highest BCUT2D eigenvalue weighted by atomic mass is 35.5. The van der Waals surface area contributed by atoms with Crippen LogP contribution in [0, 0.1) is 11.8 Å². The van der Waals surface area contributed by atoms with Gasteiger partial charge in [0, 0.05) is 6.04 Å². The van der Waals surface area contributed by atoms with E-state index in [0.29, 0.717) is 16.5 Å². The molecule has 104 valence electrons. The minimum atomic E-state index is -0.202. The van der Waals surface area contributed by atoms with Crippen LogP contribution in [0.4, 0.5) is 0 Å². The summed E-state index contributed by atoms with van der Waals surface area (Å²) in [5, 5.41) is 12.8. The van der Waals surface area contributed by atoms with Crippen LogP contribution in [-0.2, 0) is 0 Å². The summed E-state index contributed by atoms with van der Waals surface area (Å²) in [6, 6.07) is 4.62. The van der Waals surface area contributed by atoms with Crippen LogP contribution >= 0.6 is 11.6 Å². The number of benzene rings is 1. The third-order valence-corrected chi connectivity index (χ3v) is 4.27. The lowest BCUT2D eigenvalue weighted by molar-refractivity contribution is 0.0899. The summed E-state index contributed by atoms with van der Waals surface area (Å²) in [6.07, 6.45) is 3.28. The smallest absolute Gasteiger partial charge is 0.253 e. The quantitative estimate of drug-likeness (QED) is 0.870. The van der Waals surface area contributed by atoms with Gasteiger partial charge in [-0.25, -0.2) is 0 Å². The number of hydrogen-bond acceptors (Lipinski definition) is 2. The summed E-state index contributed by atoms with van der Waals surface area (Å²) < 4.78 is 0. The van der Waals surface area contributed by atoms with Gasteiger partial charge < -0.3 is 10.4 Å². The zero-order valence-electron chi connectivity index (χ0n) is 11.3. The highest BCUT2D eigenvalue weighted by molar-refractivity contribution is 6.33. The van der Waals surface area contributed by atoms with Gasteiger partial charge in [0.05, 0.1) is 10.6 Å². The van der Waals surface area contributed by atoms with Gasteiger partial charge in [0.1, 0.15) is 5.75 Å². The maximum Gasteiger partial charge on any atom is 0.253 e. The second-order valence-electron chi connectivity index (χ2n) is 5.64. The number of rotatable bonds is 2. The minimum Gasteiger partial charge on any atom is -0.508 e. The highest BCUT2D eigenvalue weighted by Crippen LogP contribution is 2.29. The monoisotopic (exact) mass is 281 g/mol. The molecular formula is C15H20ClNO2. The zero-order chi connectivity index (χ0) is 14.0. The number of halogens is 1. The van der Waals surface area contributed by atoms with Crippen molar-refractivity contribution < 1.29 is 9.90 Å². The molecule has 0 radical (unpaired) electrons. The Labute approximate surface area is 119 Å². The van der Waals surface area contributed by atoms with Gasteiger partial charge in [-0.1, -0.05) is 25.4 Å². The van der Waals surface area contributed by atoms with Gasteiger partial charge in [-0.2, -0.15) is 0 Å². The van der Waals surface area contributed by atoms with E-state index in [1.165, 1.54) is 18.2 Å². The van der Waals surface area contributed by atoms with Gasteiger partial charge in [-0.05, 0) is 49.3 Å². The van der Waals surface area contributed by atoms with E-state index in [2.05, 4.69) is 19.2 Å². The molecule has 3 unspecified atom stereocenters. The third-order valence-electron chi connectivity index (χ3n) is 3.94. The molecule has 1 fully saturated rings. The number of carbonyl (C=O) groups is 1. The molecule has 1 aromatic rings. The van der Waals surface area contributed by atoms with Crippen molar-refractivity contribution in [1.82, 2.24) is 5.32 Å².